The molecule has 2 rings (SSSR count). The molecular formula is C15H23N3O. The Morgan fingerprint density at radius 1 is 1.37 bits per heavy atom. The van der Waals surface area contributed by atoms with Crippen LogP contribution < -0.4 is 11.1 Å². The number of amides is 1. The molecule has 4 nitrogen and oxygen atoms in total. The molecule has 1 atom stereocenters. The smallest absolute Gasteiger partial charge is 0.217 e. The third-order valence-corrected chi connectivity index (χ3v) is 3.79. The first-order valence-corrected chi connectivity index (χ1v) is 6.97. The number of nitrogens with two attached hydrogens (primary N) is 1. The second-order valence-corrected chi connectivity index (χ2v) is 5.17. The van der Waals surface area contributed by atoms with Crippen LogP contribution in [0.4, 0.5) is 0 Å². The number of rotatable bonds is 4. The summed E-state index contributed by atoms with van der Waals surface area (Å²) in [6, 6.07) is 11.0. The van der Waals surface area contributed by atoms with E-state index in [-0.39, 0.29) is 5.91 Å². The van der Waals surface area contributed by atoms with Crippen molar-refractivity contribution in [2.45, 2.75) is 31.8 Å². The molecule has 3 N–H and O–H groups in total. The molecule has 19 heavy (non-hydrogen) atoms. The van der Waals surface area contributed by atoms with Gasteiger partial charge in [-0.1, -0.05) is 30.3 Å². The minimum Gasteiger partial charge on any atom is -0.354 e. The Labute approximate surface area is 115 Å². The van der Waals surface area contributed by atoms with E-state index in [0.29, 0.717) is 18.6 Å². The van der Waals surface area contributed by atoms with Crippen LogP contribution >= 0.6 is 0 Å². The van der Waals surface area contributed by atoms with Crippen LogP contribution in [0.2, 0.25) is 0 Å². The van der Waals surface area contributed by atoms with Crippen LogP contribution in [0.15, 0.2) is 30.3 Å². The molecular weight excluding hydrogens is 238 g/mol. The first-order valence-electron chi connectivity index (χ1n) is 6.97. The number of carbonyl (C=O) groups excluding carboxylic acids is 1. The Bertz CT molecular complexity index is 399. The van der Waals surface area contributed by atoms with Crippen LogP contribution in [0.5, 0.6) is 0 Å². The zero-order chi connectivity index (χ0) is 13.7. The molecule has 0 radical (unpaired) electrons. The summed E-state index contributed by atoms with van der Waals surface area (Å²) in [4.78, 5) is 13.5. The van der Waals surface area contributed by atoms with E-state index >= 15 is 0 Å². The fourth-order valence-electron chi connectivity index (χ4n) is 2.81. The molecule has 0 bridgehead atoms. The summed E-state index contributed by atoms with van der Waals surface area (Å²) < 4.78 is 0. The van der Waals surface area contributed by atoms with E-state index in [0.717, 1.165) is 25.9 Å². The number of hydrogen-bond donors (Lipinski definition) is 2. The van der Waals surface area contributed by atoms with Crippen LogP contribution in [0, 0.1) is 0 Å². The molecule has 0 aliphatic carbocycles. The highest BCUT2D eigenvalue weighted by Crippen LogP contribution is 2.23. The maximum atomic E-state index is 11.1. The van der Waals surface area contributed by atoms with Gasteiger partial charge >= 0.3 is 0 Å². The second kappa shape index (κ2) is 6.68. The molecule has 1 aliphatic heterocycles. The molecule has 1 fully saturated rings. The van der Waals surface area contributed by atoms with Gasteiger partial charge in [0.2, 0.25) is 5.91 Å². The first kappa shape index (κ1) is 14.0. The van der Waals surface area contributed by atoms with Crippen molar-refractivity contribution in [3.05, 3.63) is 35.9 Å². The SMILES string of the molecule is CC(=O)NC1CCN(C(CN)c2ccccc2)CC1. The molecule has 1 aliphatic rings. The van der Waals surface area contributed by atoms with Crippen LogP contribution in [0.25, 0.3) is 0 Å². The summed E-state index contributed by atoms with van der Waals surface area (Å²) >= 11 is 0. The number of piperidine rings is 1. The summed E-state index contributed by atoms with van der Waals surface area (Å²) in [7, 11) is 0. The van der Waals surface area contributed by atoms with Crippen molar-refractivity contribution in [3.63, 3.8) is 0 Å². The molecule has 104 valence electrons. The topological polar surface area (TPSA) is 58.4 Å². The maximum absolute atomic E-state index is 11.1. The van der Waals surface area contributed by atoms with E-state index in [1.807, 2.05) is 6.07 Å². The molecule has 1 heterocycles. The third-order valence-electron chi connectivity index (χ3n) is 3.79. The van der Waals surface area contributed by atoms with Crippen LogP contribution in [0.3, 0.4) is 0 Å². The number of hydrogen-bond acceptors (Lipinski definition) is 3. The Morgan fingerprint density at radius 3 is 2.53 bits per heavy atom. The van der Waals surface area contributed by atoms with Gasteiger partial charge in [-0.3, -0.25) is 9.69 Å². The van der Waals surface area contributed by atoms with Gasteiger partial charge < -0.3 is 11.1 Å². The Balaban J connectivity index is 1.94. The number of nitrogens with zero attached hydrogens (tertiary/aromatic N) is 1. The lowest BCUT2D eigenvalue weighted by Crippen LogP contribution is -2.46. The summed E-state index contributed by atoms with van der Waals surface area (Å²) in [6.45, 7) is 4.19. The predicted octanol–water partition coefficient (Wildman–Crippen LogP) is 1.29. The van der Waals surface area contributed by atoms with Gasteiger partial charge in [0.05, 0.1) is 0 Å². The van der Waals surface area contributed by atoms with Crippen molar-refractivity contribution in [2.24, 2.45) is 5.73 Å². The Kier molecular flexibility index (Phi) is 4.93. The van der Waals surface area contributed by atoms with Crippen molar-refractivity contribution in [2.75, 3.05) is 19.6 Å². The van der Waals surface area contributed by atoms with E-state index in [4.69, 9.17) is 5.73 Å². The lowest BCUT2D eigenvalue weighted by atomic mass is 9.99. The lowest BCUT2D eigenvalue weighted by molar-refractivity contribution is -0.120. The van der Waals surface area contributed by atoms with Gasteiger partial charge in [-0.25, -0.2) is 0 Å². The molecule has 0 saturated carbocycles. The predicted molar refractivity (Wildman–Crippen MR) is 76.6 cm³/mol. The number of benzene rings is 1. The first-order chi connectivity index (χ1) is 9.20. The molecule has 1 aromatic carbocycles. The normalized spacial score (nSPS) is 19.1. The highest BCUT2D eigenvalue weighted by Gasteiger charge is 2.25. The molecule has 1 unspecified atom stereocenters. The largest absolute Gasteiger partial charge is 0.354 e. The standard InChI is InChI=1S/C15H23N3O/c1-12(19)17-14-7-9-18(10-8-14)15(11-16)13-5-3-2-4-6-13/h2-6,14-15H,7-11,16H2,1H3,(H,17,19). The fourth-order valence-corrected chi connectivity index (χ4v) is 2.81. The van der Waals surface area contributed by atoms with Crippen molar-refractivity contribution in [1.82, 2.24) is 10.2 Å². The van der Waals surface area contributed by atoms with E-state index in [1.165, 1.54) is 5.56 Å². The van der Waals surface area contributed by atoms with Gasteiger partial charge in [-0.2, -0.15) is 0 Å². The van der Waals surface area contributed by atoms with E-state index in [1.54, 1.807) is 6.92 Å². The van der Waals surface area contributed by atoms with Gasteiger partial charge in [-0.05, 0) is 18.4 Å². The zero-order valence-electron chi connectivity index (χ0n) is 11.5. The van der Waals surface area contributed by atoms with Gasteiger partial charge in [0, 0.05) is 38.6 Å². The Morgan fingerprint density at radius 2 is 2.00 bits per heavy atom. The summed E-state index contributed by atoms with van der Waals surface area (Å²) in [5.41, 5.74) is 7.22. The number of nitrogens with one attached hydrogen (secondary N) is 1. The van der Waals surface area contributed by atoms with E-state index in [2.05, 4.69) is 34.5 Å². The van der Waals surface area contributed by atoms with Gasteiger partial charge in [0.1, 0.15) is 0 Å². The molecule has 1 amide bonds. The second-order valence-electron chi connectivity index (χ2n) is 5.17. The van der Waals surface area contributed by atoms with E-state index < -0.39 is 0 Å². The molecule has 1 aromatic rings. The Hall–Kier alpha value is -1.39. The molecule has 0 spiro atoms. The highest BCUT2D eigenvalue weighted by molar-refractivity contribution is 5.73. The summed E-state index contributed by atoms with van der Waals surface area (Å²) in [5.74, 6) is 0.0666. The minimum absolute atomic E-state index is 0.0666. The highest BCUT2D eigenvalue weighted by atomic mass is 16.1. The quantitative estimate of drug-likeness (QED) is 0.858. The van der Waals surface area contributed by atoms with Crippen molar-refractivity contribution in [1.29, 1.82) is 0 Å². The summed E-state index contributed by atoms with van der Waals surface area (Å²) in [6.07, 6.45) is 2.01. The van der Waals surface area contributed by atoms with Crippen molar-refractivity contribution < 1.29 is 4.79 Å². The van der Waals surface area contributed by atoms with Crippen LogP contribution in [-0.4, -0.2) is 36.5 Å². The lowest BCUT2D eigenvalue weighted by Gasteiger charge is -2.37. The monoisotopic (exact) mass is 261 g/mol. The summed E-state index contributed by atoms with van der Waals surface area (Å²) in [5, 5.41) is 3.00. The van der Waals surface area contributed by atoms with E-state index in [9.17, 15) is 4.79 Å². The molecule has 4 heteroatoms. The average molecular weight is 261 g/mol. The van der Waals surface area contributed by atoms with Gasteiger partial charge in [0.15, 0.2) is 0 Å². The number of likely N-dealkylation sites (tertiary alicyclic amines) is 1. The molecule has 1 saturated heterocycles. The zero-order valence-corrected chi connectivity index (χ0v) is 11.5. The van der Waals surface area contributed by atoms with Gasteiger partial charge in [0.25, 0.3) is 0 Å². The van der Waals surface area contributed by atoms with Crippen molar-refractivity contribution in [3.8, 4) is 0 Å². The average Bonchev–Trinajstić information content (AvgIpc) is 2.42. The maximum Gasteiger partial charge on any atom is 0.217 e. The van der Waals surface area contributed by atoms with Crippen molar-refractivity contribution >= 4 is 5.91 Å². The van der Waals surface area contributed by atoms with Crippen LogP contribution in [0.1, 0.15) is 31.4 Å². The molecule has 0 aromatic heterocycles. The number of carbonyl (C=O) groups is 1. The minimum atomic E-state index is 0.0666. The van der Waals surface area contributed by atoms with Gasteiger partial charge in [-0.15, -0.1) is 0 Å². The third kappa shape index (κ3) is 3.78. The van der Waals surface area contributed by atoms with Crippen LogP contribution in [-0.2, 0) is 4.79 Å². The fraction of sp³-hybridized carbons (Fsp3) is 0.533.